The number of nitrogens with one attached hydrogen (secondary N) is 1. The molecule has 0 aliphatic heterocycles. The predicted octanol–water partition coefficient (Wildman–Crippen LogP) is 5.45. The molecule has 0 radical (unpaired) electrons. The molecule has 3 aromatic rings. The maximum Gasteiger partial charge on any atom is 0.247 e. The second-order valence-corrected chi connectivity index (χ2v) is 9.82. The summed E-state index contributed by atoms with van der Waals surface area (Å²) in [5.74, 6) is 1.35. The second kappa shape index (κ2) is 12.1. The summed E-state index contributed by atoms with van der Waals surface area (Å²) in [4.78, 5) is 28.9. The van der Waals surface area contributed by atoms with Crippen molar-refractivity contribution in [1.29, 1.82) is 0 Å². The molecule has 0 aromatic heterocycles. The van der Waals surface area contributed by atoms with Gasteiger partial charge in [-0.05, 0) is 72.4 Å². The van der Waals surface area contributed by atoms with Crippen molar-refractivity contribution in [3.05, 3.63) is 94.0 Å². The maximum atomic E-state index is 13.6. The Bertz CT molecular complexity index is 1160. The number of carbonyl (C=O) groups excluding carboxylic acids is 2. The molecule has 2 amide bonds. The number of hydrogen-bond donors (Lipinski definition) is 1. The van der Waals surface area contributed by atoms with Crippen LogP contribution in [0.2, 0.25) is 0 Å². The van der Waals surface area contributed by atoms with Gasteiger partial charge >= 0.3 is 0 Å². The third-order valence-electron chi connectivity index (χ3n) is 6.35. The number of halogens is 1. The lowest BCUT2D eigenvalue weighted by Crippen LogP contribution is -2.45. The molecule has 188 valence electrons. The van der Waals surface area contributed by atoms with Gasteiger partial charge in [0.05, 0.1) is 14.2 Å². The average Bonchev–Trinajstić information content (AvgIpc) is 3.75. The summed E-state index contributed by atoms with van der Waals surface area (Å²) < 4.78 is 11.4. The van der Waals surface area contributed by atoms with E-state index in [0.717, 1.165) is 45.5 Å². The lowest BCUT2D eigenvalue weighted by atomic mass is 10.0. The van der Waals surface area contributed by atoms with Crippen LogP contribution in [-0.4, -0.2) is 37.0 Å². The summed E-state index contributed by atoms with van der Waals surface area (Å²) in [6, 6.07) is 22.4. The highest BCUT2D eigenvalue weighted by Gasteiger charge is 2.40. The fourth-order valence-electron chi connectivity index (χ4n) is 4.20. The van der Waals surface area contributed by atoms with E-state index in [1.54, 1.807) is 19.1 Å². The quantitative estimate of drug-likeness (QED) is 0.344. The number of methoxy groups -OCH3 is 2. The Labute approximate surface area is 220 Å². The highest BCUT2D eigenvalue weighted by molar-refractivity contribution is 9.10. The van der Waals surface area contributed by atoms with E-state index in [1.165, 1.54) is 0 Å². The largest absolute Gasteiger partial charge is 0.497 e. The van der Waals surface area contributed by atoms with E-state index >= 15 is 0 Å². The third-order valence-corrected chi connectivity index (χ3v) is 6.88. The summed E-state index contributed by atoms with van der Waals surface area (Å²) >= 11 is 3.47. The molecule has 0 saturated heterocycles. The molecule has 1 saturated carbocycles. The highest BCUT2D eigenvalue weighted by Crippen LogP contribution is 2.36. The van der Waals surface area contributed by atoms with Crippen molar-refractivity contribution in [2.45, 2.75) is 44.3 Å². The number of carbonyl (C=O) groups is 2. The fraction of sp³-hybridized carbons (Fsp3) is 0.310. The maximum absolute atomic E-state index is 13.6. The van der Waals surface area contributed by atoms with Crippen molar-refractivity contribution in [2.75, 3.05) is 14.2 Å². The number of nitrogens with zero attached hydrogens (tertiary/aromatic N) is 1. The van der Waals surface area contributed by atoms with E-state index in [0.29, 0.717) is 19.4 Å². The molecular formula is C29H31BrN2O4. The summed E-state index contributed by atoms with van der Waals surface area (Å²) in [7, 11) is 3.26. The third kappa shape index (κ3) is 6.66. The number of hydrogen-bond acceptors (Lipinski definition) is 4. The molecular weight excluding hydrogens is 520 g/mol. The summed E-state index contributed by atoms with van der Waals surface area (Å²) in [6.07, 6.45) is 2.76. The number of ether oxygens (including phenoxy) is 2. The van der Waals surface area contributed by atoms with Crippen molar-refractivity contribution < 1.29 is 19.1 Å². The zero-order valence-corrected chi connectivity index (χ0v) is 22.2. The van der Waals surface area contributed by atoms with Crippen LogP contribution < -0.4 is 14.8 Å². The van der Waals surface area contributed by atoms with Crippen LogP contribution in [0, 0.1) is 0 Å². The molecule has 1 atom stereocenters. The normalized spacial score (nSPS) is 13.5. The first-order chi connectivity index (χ1) is 17.5. The molecule has 36 heavy (non-hydrogen) atoms. The summed E-state index contributed by atoms with van der Waals surface area (Å²) in [5, 5.41) is 3.05. The van der Waals surface area contributed by atoms with Crippen LogP contribution in [0.25, 0.3) is 0 Å². The van der Waals surface area contributed by atoms with Crippen LogP contribution >= 0.6 is 15.9 Å². The van der Waals surface area contributed by atoms with Gasteiger partial charge in [0, 0.05) is 23.5 Å². The van der Waals surface area contributed by atoms with Crippen LogP contribution in [0.1, 0.15) is 42.0 Å². The van der Waals surface area contributed by atoms with Gasteiger partial charge in [0.25, 0.3) is 0 Å². The second-order valence-electron chi connectivity index (χ2n) is 8.90. The topological polar surface area (TPSA) is 67.9 Å². The van der Waals surface area contributed by atoms with Crippen molar-refractivity contribution in [2.24, 2.45) is 0 Å². The lowest BCUT2D eigenvalue weighted by molar-refractivity contribution is -0.141. The Balaban J connectivity index is 1.51. The van der Waals surface area contributed by atoms with E-state index in [1.807, 2.05) is 72.8 Å². The zero-order valence-electron chi connectivity index (χ0n) is 20.6. The van der Waals surface area contributed by atoms with Gasteiger partial charge in [-0.3, -0.25) is 9.59 Å². The van der Waals surface area contributed by atoms with Crippen molar-refractivity contribution in [3.8, 4) is 11.5 Å². The monoisotopic (exact) mass is 550 g/mol. The van der Waals surface area contributed by atoms with Crippen LogP contribution in [0.15, 0.2) is 77.3 Å². The van der Waals surface area contributed by atoms with Crippen LogP contribution in [-0.2, 0) is 22.6 Å². The van der Waals surface area contributed by atoms with Gasteiger partial charge in [0.1, 0.15) is 17.5 Å². The minimum atomic E-state index is -0.688. The fourth-order valence-corrected chi connectivity index (χ4v) is 4.46. The van der Waals surface area contributed by atoms with E-state index in [-0.39, 0.29) is 17.9 Å². The number of rotatable bonds is 11. The van der Waals surface area contributed by atoms with E-state index in [2.05, 4.69) is 21.2 Å². The molecule has 7 heteroatoms. The van der Waals surface area contributed by atoms with Gasteiger partial charge in [-0.1, -0.05) is 52.3 Å². The molecule has 1 unspecified atom stereocenters. The van der Waals surface area contributed by atoms with Gasteiger partial charge in [0.15, 0.2) is 0 Å². The molecule has 0 heterocycles. The molecule has 1 N–H and O–H groups in total. The SMILES string of the molecule is COc1ccc(CCC(=O)N(C2CC2)C(C(=O)NCc2ccc(OC)cc2)c2ccc(Br)cc2)cc1. The highest BCUT2D eigenvalue weighted by atomic mass is 79.9. The minimum Gasteiger partial charge on any atom is -0.497 e. The van der Waals surface area contributed by atoms with Crippen molar-refractivity contribution in [1.82, 2.24) is 10.2 Å². The first kappa shape index (κ1) is 25.8. The molecule has 1 fully saturated rings. The molecule has 6 nitrogen and oxygen atoms in total. The van der Waals surface area contributed by atoms with Gasteiger partial charge in [0.2, 0.25) is 11.8 Å². The smallest absolute Gasteiger partial charge is 0.247 e. The lowest BCUT2D eigenvalue weighted by Gasteiger charge is -2.32. The Morgan fingerprint density at radius 2 is 1.44 bits per heavy atom. The van der Waals surface area contributed by atoms with E-state index in [4.69, 9.17) is 9.47 Å². The van der Waals surface area contributed by atoms with Gasteiger partial charge < -0.3 is 19.7 Å². The Morgan fingerprint density at radius 3 is 1.97 bits per heavy atom. The molecule has 4 rings (SSSR count). The minimum absolute atomic E-state index is 0.0131. The number of benzene rings is 3. The molecule has 1 aliphatic carbocycles. The summed E-state index contributed by atoms with van der Waals surface area (Å²) in [5.41, 5.74) is 2.82. The number of amides is 2. The van der Waals surface area contributed by atoms with E-state index < -0.39 is 6.04 Å². The first-order valence-corrected chi connectivity index (χ1v) is 12.9. The Morgan fingerprint density at radius 1 is 0.889 bits per heavy atom. The summed E-state index contributed by atoms with van der Waals surface area (Å²) in [6.45, 7) is 0.369. The Kier molecular flexibility index (Phi) is 8.65. The van der Waals surface area contributed by atoms with Gasteiger partial charge in [-0.2, -0.15) is 0 Å². The van der Waals surface area contributed by atoms with Crippen LogP contribution in [0.3, 0.4) is 0 Å². The first-order valence-electron chi connectivity index (χ1n) is 12.1. The van der Waals surface area contributed by atoms with Gasteiger partial charge in [-0.25, -0.2) is 0 Å². The molecule has 1 aliphatic rings. The van der Waals surface area contributed by atoms with Crippen LogP contribution in [0.5, 0.6) is 11.5 Å². The van der Waals surface area contributed by atoms with Crippen molar-refractivity contribution >= 4 is 27.7 Å². The van der Waals surface area contributed by atoms with Gasteiger partial charge in [-0.15, -0.1) is 0 Å². The average molecular weight is 551 g/mol. The van der Waals surface area contributed by atoms with Crippen LogP contribution in [0.4, 0.5) is 0 Å². The Hall–Kier alpha value is -3.32. The van der Waals surface area contributed by atoms with E-state index in [9.17, 15) is 9.59 Å². The standard InChI is InChI=1S/C29H31BrN2O4/c1-35-25-14-3-20(4-15-25)7-18-27(33)32(24-12-13-24)28(22-8-10-23(30)11-9-22)29(34)31-19-21-5-16-26(36-2)17-6-21/h3-6,8-11,14-17,24,28H,7,12-13,18-19H2,1-2H3,(H,31,34). The molecule has 0 spiro atoms. The molecule has 0 bridgehead atoms. The zero-order chi connectivity index (χ0) is 25.5. The van der Waals surface area contributed by atoms with Crippen molar-refractivity contribution in [3.63, 3.8) is 0 Å². The predicted molar refractivity (Wildman–Crippen MR) is 143 cm³/mol. The number of aryl methyl sites for hydroxylation is 1. The molecule has 3 aromatic carbocycles.